The van der Waals surface area contributed by atoms with Crippen molar-refractivity contribution in [2.24, 2.45) is 0 Å². The summed E-state index contributed by atoms with van der Waals surface area (Å²) in [7, 11) is 1.59. The number of hydrogen-bond acceptors (Lipinski definition) is 3. The Bertz CT molecular complexity index is 141. The SMILES string of the molecule is COCNC(C)=CC(C)=O. The molecule has 0 aliphatic carbocycles. The molecule has 0 saturated heterocycles. The first-order chi connectivity index (χ1) is 4.66. The Balaban J connectivity index is 3.60. The number of carbonyl (C=O) groups is 1. The standard InChI is InChI=1S/C7H13NO2/c1-6(4-7(2)9)8-5-10-3/h4,8H,5H2,1-3H3. The van der Waals surface area contributed by atoms with E-state index in [2.05, 4.69) is 5.32 Å². The van der Waals surface area contributed by atoms with Gasteiger partial charge < -0.3 is 10.1 Å². The fourth-order valence-corrected chi connectivity index (χ4v) is 0.542. The van der Waals surface area contributed by atoms with Crippen LogP contribution < -0.4 is 5.32 Å². The smallest absolute Gasteiger partial charge is 0.154 e. The van der Waals surface area contributed by atoms with Gasteiger partial charge in [-0.05, 0) is 19.9 Å². The zero-order valence-corrected chi connectivity index (χ0v) is 6.60. The number of ketones is 1. The fraction of sp³-hybridized carbons (Fsp3) is 0.571. The Morgan fingerprint density at radius 2 is 2.20 bits per heavy atom. The first kappa shape index (κ1) is 9.17. The van der Waals surface area contributed by atoms with Crippen LogP contribution in [0.3, 0.4) is 0 Å². The van der Waals surface area contributed by atoms with E-state index in [9.17, 15) is 4.79 Å². The van der Waals surface area contributed by atoms with Crippen LogP contribution in [0.15, 0.2) is 11.8 Å². The Morgan fingerprint density at radius 3 is 2.60 bits per heavy atom. The van der Waals surface area contributed by atoms with Crippen molar-refractivity contribution < 1.29 is 9.53 Å². The summed E-state index contributed by atoms with van der Waals surface area (Å²) in [6, 6.07) is 0. The van der Waals surface area contributed by atoms with Gasteiger partial charge in [0, 0.05) is 12.8 Å². The Labute approximate surface area is 61.1 Å². The summed E-state index contributed by atoms with van der Waals surface area (Å²) in [6.45, 7) is 3.77. The minimum absolute atomic E-state index is 0.0427. The lowest BCUT2D eigenvalue weighted by atomic mass is 10.3. The summed E-state index contributed by atoms with van der Waals surface area (Å²) in [6.07, 6.45) is 1.53. The van der Waals surface area contributed by atoms with Crippen LogP contribution >= 0.6 is 0 Å². The molecule has 0 saturated carbocycles. The van der Waals surface area contributed by atoms with Crippen molar-refractivity contribution in [2.45, 2.75) is 13.8 Å². The molecule has 3 heteroatoms. The maximum Gasteiger partial charge on any atom is 0.154 e. The third-order valence-electron chi connectivity index (χ3n) is 0.915. The van der Waals surface area contributed by atoms with Gasteiger partial charge in [0.15, 0.2) is 5.78 Å². The van der Waals surface area contributed by atoms with E-state index in [4.69, 9.17) is 4.74 Å². The molecule has 0 spiro atoms. The van der Waals surface area contributed by atoms with Crippen LogP contribution in [0.1, 0.15) is 13.8 Å². The number of nitrogens with one attached hydrogen (secondary N) is 1. The highest BCUT2D eigenvalue weighted by Gasteiger charge is 1.88. The van der Waals surface area contributed by atoms with Crippen molar-refractivity contribution in [1.29, 1.82) is 0 Å². The normalized spacial score (nSPS) is 11.3. The molecule has 0 aliphatic rings. The van der Waals surface area contributed by atoms with Crippen molar-refractivity contribution in [2.75, 3.05) is 13.8 Å². The largest absolute Gasteiger partial charge is 0.366 e. The predicted molar refractivity (Wildman–Crippen MR) is 39.4 cm³/mol. The lowest BCUT2D eigenvalue weighted by molar-refractivity contribution is -0.112. The molecule has 0 rings (SSSR count). The molecule has 0 aromatic rings. The second-order valence-corrected chi connectivity index (χ2v) is 2.05. The van der Waals surface area contributed by atoms with E-state index in [1.807, 2.05) is 6.92 Å². The van der Waals surface area contributed by atoms with E-state index < -0.39 is 0 Å². The number of carbonyl (C=O) groups excluding carboxylic acids is 1. The topological polar surface area (TPSA) is 38.3 Å². The summed E-state index contributed by atoms with van der Waals surface area (Å²) in [5.74, 6) is 0.0427. The van der Waals surface area contributed by atoms with Gasteiger partial charge in [-0.25, -0.2) is 0 Å². The van der Waals surface area contributed by atoms with E-state index >= 15 is 0 Å². The highest BCUT2D eigenvalue weighted by Crippen LogP contribution is 1.85. The Hall–Kier alpha value is -0.830. The zero-order chi connectivity index (χ0) is 7.98. The first-order valence-electron chi connectivity index (χ1n) is 3.08. The van der Waals surface area contributed by atoms with Crippen LogP contribution in [0.5, 0.6) is 0 Å². The van der Waals surface area contributed by atoms with Gasteiger partial charge in [-0.2, -0.15) is 0 Å². The van der Waals surface area contributed by atoms with Gasteiger partial charge in [0.25, 0.3) is 0 Å². The molecule has 58 valence electrons. The molecule has 10 heavy (non-hydrogen) atoms. The first-order valence-corrected chi connectivity index (χ1v) is 3.08. The van der Waals surface area contributed by atoms with Gasteiger partial charge in [0.1, 0.15) is 6.73 Å². The third kappa shape index (κ3) is 5.31. The highest BCUT2D eigenvalue weighted by molar-refractivity contribution is 5.87. The summed E-state index contributed by atoms with van der Waals surface area (Å²) < 4.78 is 4.73. The minimum Gasteiger partial charge on any atom is -0.366 e. The maximum atomic E-state index is 10.5. The number of methoxy groups -OCH3 is 1. The van der Waals surface area contributed by atoms with Gasteiger partial charge in [-0.1, -0.05) is 0 Å². The second kappa shape index (κ2) is 4.99. The molecule has 0 heterocycles. The lowest BCUT2D eigenvalue weighted by Gasteiger charge is -2.02. The van der Waals surface area contributed by atoms with Crippen LogP contribution in [-0.4, -0.2) is 19.6 Å². The fourth-order valence-electron chi connectivity index (χ4n) is 0.542. The summed E-state index contributed by atoms with van der Waals surface area (Å²) in [5, 5.41) is 2.88. The van der Waals surface area contributed by atoms with Crippen molar-refractivity contribution in [1.82, 2.24) is 5.32 Å². The molecule has 0 aromatic carbocycles. The third-order valence-corrected chi connectivity index (χ3v) is 0.915. The van der Waals surface area contributed by atoms with Gasteiger partial charge in [-0.15, -0.1) is 0 Å². The molecular weight excluding hydrogens is 130 g/mol. The average molecular weight is 143 g/mol. The van der Waals surface area contributed by atoms with Gasteiger partial charge in [0.2, 0.25) is 0 Å². The number of allylic oxidation sites excluding steroid dienone is 2. The van der Waals surface area contributed by atoms with Crippen LogP contribution in [0.25, 0.3) is 0 Å². The molecule has 0 amide bonds. The quantitative estimate of drug-likeness (QED) is 0.464. The van der Waals surface area contributed by atoms with Crippen molar-refractivity contribution in [3.63, 3.8) is 0 Å². The Morgan fingerprint density at radius 1 is 1.60 bits per heavy atom. The van der Waals surface area contributed by atoms with Gasteiger partial charge in [-0.3, -0.25) is 4.79 Å². The van der Waals surface area contributed by atoms with E-state index in [0.717, 1.165) is 5.70 Å². The monoisotopic (exact) mass is 143 g/mol. The molecule has 1 N–H and O–H groups in total. The highest BCUT2D eigenvalue weighted by atomic mass is 16.5. The van der Waals surface area contributed by atoms with Crippen molar-refractivity contribution in [3.05, 3.63) is 11.8 Å². The molecule has 0 fully saturated rings. The molecule has 3 nitrogen and oxygen atoms in total. The molecule has 0 unspecified atom stereocenters. The predicted octanol–water partition coefficient (Wildman–Crippen LogP) is 0.673. The lowest BCUT2D eigenvalue weighted by Crippen LogP contribution is -2.14. The molecule has 0 atom stereocenters. The minimum atomic E-state index is 0.0427. The van der Waals surface area contributed by atoms with E-state index in [0.29, 0.717) is 6.73 Å². The summed E-state index contributed by atoms with van der Waals surface area (Å²) in [5.41, 5.74) is 0.828. The van der Waals surface area contributed by atoms with Crippen molar-refractivity contribution in [3.8, 4) is 0 Å². The van der Waals surface area contributed by atoms with Crippen LogP contribution in [-0.2, 0) is 9.53 Å². The van der Waals surface area contributed by atoms with Crippen molar-refractivity contribution >= 4 is 5.78 Å². The van der Waals surface area contributed by atoms with Crippen LogP contribution in [0.4, 0.5) is 0 Å². The van der Waals surface area contributed by atoms with E-state index in [-0.39, 0.29) is 5.78 Å². The maximum absolute atomic E-state index is 10.5. The van der Waals surface area contributed by atoms with Gasteiger partial charge in [0.05, 0.1) is 0 Å². The van der Waals surface area contributed by atoms with E-state index in [1.165, 1.54) is 13.0 Å². The number of ether oxygens (including phenoxy) is 1. The molecule has 0 aliphatic heterocycles. The second-order valence-electron chi connectivity index (χ2n) is 2.05. The zero-order valence-electron chi connectivity index (χ0n) is 6.60. The number of rotatable bonds is 4. The summed E-state index contributed by atoms with van der Waals surface area (Å²) in [4.78, 5) is 10.5. The van der Waals surface area contributed by atoms with E-state index in [1.54, 1.807) is 7.11 Å². The van der Waals surface area contributed by atoms with Crippen LogP contribution in [0, 0.1) is 0 Å². The molecule has 0 bridgehead atoms. The Kier molecular flexibility index (Phi) is 4.58. The molecular formula is C7H13NO2. The average Bonchev–Trinajstić information content (AvgIpc) is 1.82. The van der Waals surface area contributed by atoms with Gasteiger partial charge >= 0.3 is 0 Å². The molecule has 0 aromatic heterocycles. The summed E-state index contributed by atoms with van der Waals surface area (Å²) >= 11 is 0. The van der Waals surface area contributed by atoms with Crippen LogP contribution in [0.2, 0.25) is 0 Å². The molecule has 0 radical (unpaired) electrons. The number of hydrogen-bond donors (Lipinski definition) is 1.